The van der Waals surface area contributed by atoms with Gasteiger partial charge in [0.25, 0.3) is 0 Å². The van der Waals surface area contributed by atoms with Gasteiger partial charge >= 0.3 is 20.4 Å². The molecule has 168 valence electrons. The summed E-state index contributed by atoms with van der Waals surface area (Å²) in [5, 5.41) is 2.29. The van der Waals surface area contributed by atoms with Crippen LogP contribution in [0, 0.1) is 12.4 Å². The molecule has 0 aliphatic rings. The van der Waals surface area contributed by atoms with Crippen LogP contribution in [-0.2, 0) is 25.8 Å². The standard InChI is InChI=1S/C29H22N4.Pd/c1-29(2,25-13-7-15-27(30-25)32-19-17-21-9-3-5-11-23(21)32)26-14-8-16-28(31-26)33-20-18-22-10-4-6-12-24(22)33;/h3-18H,1-2H3;/q-2;+2. The van der Waals surface area contributed by atoms with Crippen LogP contribution < -0.4 is 0 Å². The first-order valence-electron chi connectivity index (χ1n) is 11.0. The fraction of sp³-hybridized carbons (Fsp3) is 0.103. The number of fused-ring (bicyclic) bond motifs is 2. The number of hydrogen-bond acceptors (Lipinski definition) is 2. The Hall–Kier alpha value is -3.52. The van der Waals surface area contributed by atoms with E-state index in [1.54, 1.807) is 0 Å². The molecule has 4 aromatic heterocycles. The van der Waals surface area contributed by atoms with Crippen molar-refractivity contribution in [2.24, 2.45) is 0 Å². The molecule has 0 fully saturated rings. The van der Waals surface area contributed by atoms with Crippen molar-refractivity contribution < 1.29 is 20.4 Å². The Kier molecular flexibility index (Phi) is 5.69. The fourth-order valence-electron chi connectivity index (χ4n) is 4.34. The predicted octanol–water partition coefficient (Wildman–Crippen LogP) is 6.29. The van der Waals surface area contributed by atoms with Crippen molar-refractivity contribution in [2.75, 3.05) is 0 Å². The summed E-state index contributed by atoms with van der Waals surface area (Å²) in [7, 11) is 0. The molecular weight excluding hydrogens is 511 g/mol. The molecule has 2 aromatic carbocycles. The molecule has 5 heteroatoms. The van der Waals surface area contributed by atoms with Crippen molar-refractivity contribution >= 4 is 21.8 Å². The van der Waals surface area contributed by atoms with Crippen LogP contribution in [0.5, 0.6) is 0 Å². The second-order valence-electron chi connectivity index (χ2n) is 8.72. The van der Waals surface area contributed by atoms with Crippen molar-refractivity contribution in [1.82, 2.24) is 19.1 Å². The van der Waals surface area contributed by atoms with E-state index in [4.69, 9.17) is 9.97 Å². The minimum absolute atomic E-state index is 0. The molecule has 0 amide bonds. The molecule has 0 bridgehead atoms. The summed E-state index contributed by atoms with van der Waals surface area (Å²) in [6, 6.07) is 32.8. The zero-order valence-electron chi connectivity index (χ0n) is 18.8. The first kappa shape index (κ1) is 22.3. The van der Waals surface area contributed by atoms with Crippen molar-refractivity contribution in [2.45, 2.75) is 19.3 Å². The van der Waals surface area contributed by atoms with Crippen LogP contribution in [0.3, 0.4) is 0 Å². The van der Waals surface area contributed by atoms with E-state index in [1.807, 2.05) is 57.7 Å². The molecule has 0 unspecified atom stereocenters. The van der Waals surface area contributed by atoms with Gasteiger partial charge in [0.15, 0.2) is 0 Å². The summed E-state index contributed by atoms with van der Waals surface area (Å²) in [4.78, 5) is 10.1. The Morgan fingerprint density at radius 3 is 1.50 bits per heavy atom. The smallest absolute Gasteiger partial charge is 0.429 e. The van der Waals surface area contributed by atoms with Crippen LogP contribution in [-0.4, -0.2) is 19.1 Å². The second kappa shape index (κ2) is 8.68. The number of rotatable bonds is 4. The molecular formula is C29H22N4Pd. The van der Waals surface area contributed by atoms with E-state index < -0.39 is 5.41 Å². The first-order chi connectivity index (χ1) is 16.1. The quantitative estimate of drug-likeness (QED) is 0.198. The summed E-state index contributed by atoms with van der Waals surface area (Å²) in [5.41, 5.74) is 3.71. The summed E-state index contributed by atoms with van der Waals surface area (Å²) in [5.74, 6) is 1.70. The molecule has 34 heavy (non-hydrogen) atoms. The maximum Gasteiger partial charge on any atom is 2.00 e. The Morgan fingerprint density at radius 1 is 0.588 bits per heavy atom. The van der Waals surface area contributed by atoms with Crippen LogP contribution in [0.2, 0.25) is 0 Å². The maximum absolute atomic E-state index is 5.03. The van der Waals surface area contributed by atoms with Crippen LogP contribution >= 0.6 is 0 Å². The van der Waals surface area contributed by atoms with Gasteiger partial charge in [0.05, 0.1) is 11.6 Å². The van der Waals surface area contributed by atoms with Crippen molar-refractivity contribution in [3.05, 3.63) is 121 Å². The molecule has 0 radical (unpaired) electrons. The molecule has 0 saturated carbocycles. The number of para-hydroxylation sites is 2. The van der Waals surface area contributed by atoms with Crippen molar-refractivity contribution in [1.29, 1.82) is 0 Å². The summed E-state index contributed by atoms with van der Waals surface area (Å²) >= 11 is 0. The van der Waals surface area contributed by atoms with Crippen LogP contribution in [0.25, 0.3) is 33.4 Å². The number of nitrogens with zero attached hydrogens (tertiary/aromatic N) is 4. The summed E-state index contributed by atoms with van der Waals surface area (Å²) in [6.45, 7) is 4.33. The molecule has 0 spiro atoms. The van der Waals surface area contributed by atoms with E-state index in [2.05, 4.69) is 74.8 Å². The topological polar surface area (TPSA) is 35.6 Å². The van der Waals surface area contributed by atoms with Gasteiger partial charge in [-0.2, -0.15) is 0 Å². The van der Waals surface area contributed by atoms with Gasteiger partial charge in [-0.25, -0.2) is 0 Å². The van der Waals surface area contributed by atoms with Gasteiger partial charge in [-0.15, -0.1) is 35.0 Å². The second-order valence-corrected chi connectivity index (χ2v) is 8.72. The van der Waals surface area contributed by atoms with Crippen molar-refractivity contribution in [3.63, 3.8) is 0 Å². The maximum atomic E-state index is 5.03. The van der Waals surface area contributed by atoms with Gasteiger partial charge in [0.1, 0.15) is 0 Å². The van der Waals surface area contributed by atoms with Gasteiger partial charge in [-0.05, 0) is 26.0 Å². The minimum Gasteiger partial charge on any atom is -0.429 e. The first-order valence-corrected chi connectivity index (χ1v) is 11.0. The van der Waals surface area contributed by atoms with E-state index in [0.717, 1.165) is 44.8 Å². The number of benzene rings is 2. The number of aromatic nitrogens is 4. The zero-order chi connectivity index (χ0) is 22.4. The Balaban J connectivity index is 0.00000241. The third-order valence-corrected chi connectivity index (χ3v) is 6.26. The fourth-order valence-corrected chi connectivity index (χ4v) is 4.34. The van der Waals surface area contributed by atoms with Gasteiger partial charge in [-0.3, -0.25) is 9.97 Å². The number of pyridine rings is 2. The van der Waals surface area contributed by atoms with Gasteiger partial charge in [-0.1, -0.05) is 84.1 Å². The molecule has 4 heterocycles. The average molecular weight is 533 g/mol. The molecule has 0 aliphatic heterocycles. The Labute approximate surface area is 212 Å². The van der Waals surface area contributed by atoms with Gasteiger partial charge in [0.2, 0.25) is 0 Å². The third kappa shape index (κ3) is 3.68. The third-order valence-electron chi connectivity index (χ3n) is 6.26. The SMILES string of the molecule is CC(C)(c1cccc(-n2[c-]cc3ccccc32)n1)c1cccc(-n2[c-]cc3ccccc32)n1.[Pd+2]. The molecule has 6 rings (SSSR count). The monoisotopic (exact) mass is 532 g/mol. The van der Waals surface area contributed by atoms with Gasteiger partial charge in [0, 0.05) is 16.8 Å². The molecule has 0 saturated heterocycles. The average Bonchev–Trinajstić information content (AvgIpc) is 3.49. The zero-order valence-corrected chi connectivity index (χ0v) is 20.4. The van der Waals surface area contributed by atoms with Gasteiger partial charge < -0.3 is 9.13 Å². The van der Waals surface area contributed by atoms with Crippen molar-refractivity contribution in [3.8, 4) is 11.6 Å². The molecule has 0 atom stereocenters. The molecule has 4 nitrogen and oxygen atoms in total. The largest absolute Gasteiger partial charge is 2.00 e. The van der Waals surface area contributed by atoms with Crippen LogP contribution in [0.15, 0.2) is 97.1 Å². The number of hydrogen-bond donors (Lipinski definition) is 0. The minimum atomic E-state index is -0.391. The Bertz CT molecular complexity index is 1490. The molecule has 0 aliphatic carbocycles. The van der Waals surface area contributed by atoms with Crippen LogP contribution in [0.1, 0.15) is 25.2 Å². The van der Waals surface area contributed by atoms with E-state index in [1.165, 1.54) is 0 Å². The van der Waals surface area contributed by atoms with E-state index >= 15 is 0 Å². The summed E-state index contributed by atoms with van der Waals surface area (Å²) in [6.07, 6.45) is 6.65. The molecule has 0 N–H and O–H groups in total. The molecule has 6 aromatic rings. The predicted molar refractivity (Wildman–Crippen MR) is 132 cm³/mol. The van der Waals surface area contributed by atoms with Crippen LogP contribution in [0.4, 0.5) is 0 Å². The van der Waals surface area contributed by atoms with E-state index in [-0.39, 0.29) is 20.4 Å². The normalized spacial score (nSPS) is 11.6. The summed E-state index contributed by atoms with van der Waals surface area (Å²) < 4.78 is 4.03. The van der Waals surface area contributed by atoms with E-state index in [9.17, 15) is 0 Å². The Morgan fingerprint density at radius 2 is 1.03 bits per heavy atom. The van der Waals surface area contributed by atoms with E-state index in [0.29, 0.717) is 0 Å².